The number of rotatable bonds is 6. The topological polar surface area (TPSA) is 61.8 Å². The van der Waals surface area contributed by atoms with Gasteiger partial charge in [-0.1, -0.05) is 18.2 Å². The molecule has 2 rings (SSSR count). The minimum Gasteiger partial charge on any atom is -0.469 e. The number of benzene rings is 2. The van der Waals surface area contributed by atoms with Crippen LogP contribution in [0.5, 0.6) is 11.5 Å². The normalized spacial score (nSPS) is 11.4. The van der Waals surface area contributed by atoms with Crippen molar-refractivity contribution in [1.82, 2.24) is 0 Å². The molecule has 0 aromatic heterocycles. The number of carbonyl (C=O) groups is 2. The van der Waals surface area contributed by atoms with Crippen LogP contribution in [0.1, 0.15) is 23.7 Å². The van der Waals surface area contributed by atoms with E-state index in [9.17, 15) is 9.59 Å². The maximum absolute atomic E-state index is 12.0. The van der Waals surface area contributed by atoms with E-state index in [2.05, 4.69) is 4.74 Å². The van der Waals surface area contributed by atoms with Gasteiger partial charge in [0.15, 0.2) is 0 Å². The van der Waals surface area contributed by atoms with Gasteiger partial charge in [0, 0.05) is 0 Å². The van der Waals surface area contributed by atoms with Gasteiger partial charge in [-0.15, -0.1) is 0 Å². The SMILES string of the molecule is COC(=O)C[C@@H](C)OC(=O)c1ccc(Oc2ccccc2)cc1. The molecule has 0 unspecified atom stereocenters. The number of esters is 2. The Balaban J connectivity index is 1.93. The molecule has 0 fully saturated rings. The highest BCUT2D eigenvalue weighted by Gasteiger charge is 2.15. The lowest BCUT2D eigenvalue weighted by atomic mass is 10.2. The van der Waals surface area contributed by atoms with Crippen molar-refractivity contribution in [1.29, 1.82) is 0 Å². The molecular formula is C18H18O5. The monoisotopic (exact) mass is 314 g/mol. The highest BCUT2D eigenvalue weighted by molar-refractivity contribution is 5.89. The number of methoxy groups -OCH3 is 1. The lowest BCUT2D eigenvalue weighted by Crippen LogP contribution is -2.19. The van der Waals surface area contributed by atoms with E-state index in [4.69, 9.17) is 9.47 Å². The Bertz CT molecular complexity index is 649. The fourth-order valence-corrected chi connectivity index (χ4v) is 1.89. The van der Waals surface area contributed by atoms with E-state index < -0.39 is 18.0 Å². The van der Waals surface area contributed by atoms with Crippen LogP contribution in [0.25, 0.3) is 0 Å². The van der Waals surface area contributed by atoms with Crippen molar-refractivity contribution >= 4 is 11.9 Å². The van der Waals surface area contributed by atoms with Gasteiger partial charge in [0.05, 0.1) is 19.1 Å². The molecule has 0 radical (unpaired) electrons. The summed E-state index contributed by atoms with van der Waals surface area (Å²) in [6, 6.07) is 16.0. The first-order valence-electron chi connectivity index (χ1n) is 7.19. The summed E-state index contributed by atoms with van der Waals surface area (Å²) < 4.78 is 15.4. The number of para-hydroxylation sites is 1. The first kappa shape index (κ1) is 16.5. The molecule has 0 aliphatic rings. The van der Waals surface area contributed by atoms with Gasteiger partial charge in [-0.2, -0.15) is 0 Å². The molecule has 0 aliphatic carbocycles. The van der Waals surface area contributed by atoms with E-state index in [1.807, 2.05) is 30.3 Å². The third-order valence-corrected chi connectivity index (χ3v) is 3.06. The Morgan fingerprint density at radius 1 is 0.957 bits per heavy atom. The number of ether oxygens (including phenoxy) is 3. The summed E-state index contributed by atoms with van der Waals surface area (Å²) in [4.78, 5) is 23.1. The molecule has 0 saturated carbocycles. The molecule has 120 valence electrons. The first-order valence-corrected chi connectivity index (χ1v) is 7.19. The predicted octanol–water partition coefficient (Wildman–Crippen LogP) is 3.59. The fourth-order valence-electron chi connectivity index (χ4n) is 1.89. The third-order valence-electron chi connectivity index (χ3n) is 3.06. The van der Waals surface area contributed by atoms with E-state index in [0.29, 0.717) is 11.3 Å². The molecule has 0 saturated heterocycles. The van der Waals surface area contributed by atoms with Crippen LogP contribution in [-0.2, 0) is 14.3 Å². The van der Waals surface area contributed by atoms with Gasteiger partial charge in [-0.25, -0.2) is 4.79 Å². The van der Waals surface area contributed by atoms with Crippen LogP contribution in [0.3, 0.4) is 0 Å². The van der Waals surface area contributed by atoms with E-state index in [1.165, 1.54) is 7.11 Å². The lowest BCUT2D eigenvalue weighted by molar-refractivity contribution is -0.142. The zero-order valence-electron chi connectivity index (χ0n) is 13.0. The molecule has 0 aliphatic heterocycles. The molecule has 0 bridgehead atoms. The zero-order valence-corrected chi connectivity index (χ0v) is 13.0. The summed E-state index contributed by atoms with van der Waals surface area (Å²) in [6.07, 6.45) is -0.521. The summed E-state index contributed by atoms with van der Waals surface area (Å²) in [5, 5.41) is 0. The molecular weight excluding hydrogens is 296 g/mol. The second-order valence-electron chi connectivity index (χ2n) is 4.94. The summed E-state index contributed by atoms with van der Waals surface area (Å²) >= 11 is 0. The molecule has 0 N–H and O–H groups in total. The second-order valence-corrected chi connectivity index (χ2v) is 4.94. The van der Waals surface area contributed by atoms with Crippen LogP contribution in [-0.4, -0.2) is 25.2 Å². The van der Waals surface area contributed by atoms with Crippen molar-refractivity contribution in [2.45, 2.75) is 19.4 Å². The van der Waals surface area contributed by atoms with Gasteiger partial charge in [0.25, 0.3) is 0 Å². The molecule has 0 spiro atoms. The van der Waals surface area contributed by atoms with Gasteiger partial charge in [-0.3, -0.25) is 4.79 Å². The van der Waals surface area contributed by atoms with Crippen LogP contribution in [0.2, 0.25) is 0 Å². The molecule has 23 heavy (non-hydrogen) atoms. The van der Waals surface area contributed by atoms with Crippen LogP contribution in [0.15, 0.2) is 54.6 Å². The van der Waals surface area contributed by atoms with Gasteiger partial charge in [0.1, 0.15) is 17.6 Å². The van der Waals surface area contributed by atoms with Crippen molar-refractivity contribution in [3.8, 4) is 11.5 Å². The van der Waals surface area contributed by atoms with E-state index >= 15 is 0 Å². The molecule has 2 aromatic carbocycles. The smallest absolute Gasteiger partial charge is 0.338 e. The highest BCUT2D eigenvalue weighted by atomic mass is 16.6. The number of hydrogen-bond acceptors (Lipinski definition) is 5. The molecule has 1 atom stereocenters. The molecule has 5 nitrogen and oxygen atoms in total. The van der Waals surface area contributed by atoms with Crippen LogP contribution >= 0.6 is 0 Å². The molecule has 0 heterocycles. The fraction of sp³-hybridized carbons (Fsp3) is 0.222. The van der Waals surface area contributed by atoms with E-state index in [-0.39, 0.29) is 6.42 Å². The Kier molecular flexibility index (Phi) is 5.74. The second kappa shape index (κ2) is 7.98. The van der Waals surface area contributed by atoms with Crippen molar-refractivity contribution in [2.24, 2.45) is 0 Å². The number of carbonyl (C=O) groups excluding carboxylic acids is 2. The van der Waals surface area contributed by atoms with Gasteiger partial charge in [0.2, 0.25) is 0 Å². The molecule has 2 aromatic rings. The minimum atomic E-state index is -0.546. The average Bonchev–Trinajstić information content (AvgIpc) is 2.56. The first-order chi connectivity index (χ1) is 11.1. The van der Waals surface area contributed by atoms with Crippen molar-refractivity contribution in [3.63, 3.8) is 0 Å². The third kappa shape index (κ3) is 5.14. The minimum absolute atomic E-state index is 0.0252. The van der Waals surface area contributed by atoms with Crippen LogP contribution in [0.4, 0.5) is 0 Å². The van der Waals surface area contributed by atoms with Crippen molar-refractivity contribution in [3.05, 3.63) is 60.2 Å². The van der Waals surface area contributed by atoms with Crippen LogP contribution < -0.4 is 4.74 Å². The highest BCUT2D eigenvalue weighted by Crippen LogP contribution is 2.21. The Morgan fingerprint density at radius 2 is 1.57 bits per heavy atom. The summed E-state index contributed by atoms with van der Waals surface area (Å²) in [6.45, 7) is 1.64. The summed E-state index contributed by atoms with van der Waals surface area (Å²) in [5.74, 6) is 0.425. The maximum Gasteiger partial charge on any atom is 0.338 e. The molecule has 0 amide bonds. The Labute approximate surface area is 134 Å². The van der Waals surface area contributed by atoms with Crippen molar-refractivity contribution < 1.29 is 23.8 Å². The van der Waals surface area contributed by atoms with E-state index in [1.54, 1.807) is 31.2 Å². The van der Waals surface area contributed by atoms with Gasteiger partial charge < -0.3 is 14.2 Å². The standard InChI is InChI=1S/C18H18O5/c1-13(12-17(19)21-2)22-18(20)14-8-10-16(11-9-14)23-15-6-4-3-5-7-15/h3-11,13H,12H2,1-2H3/t13-/m1/s1. The lowest BCUT2D eigenvalue weighted by Gasteiger charge is -2.12. The van der Waals surface area contributed by atoms with Crippen molar-refractivity contribution in [2.75, 3.05) is 7.11 Å². The van der Waals surface area contributed by atoms with Crippen LogP contribution in [0, 0.1) is 0 Å². The van der Waals surface area contributed by atoms with E-state index in [0.717, 1.165) is 5.75 Å². The summed E-state index contributed by atoms with van der Waals surface area (Å²) in [7, 11) is 1.29. The Hall–Kier alpha value is -2.82. The van der Waals surface area contributed by atoms with Gasteiger partial charge >= 0.3 is 11.9 Å². The Morgan fingerprint density at radius 3 is 2.17 bits per heavy atom. The predicted molar refractivity (Wildman–Crippen MR) is 84.5 cm³/mol. The quantitative estimate of drug-likeness (QED) is 0.763. The average molecular weight is 314 g/mol. The zero-order chi connectivity index (χ0) is 16.7. The maximum atomic E-state index is 12.0. The van der Waals surface area contributed by atoms with Gasteiger partial charge in [-0.05, 0) is 43.3 Å². The number of hydrogen-bond donors (Lipinski definition) is 0. The molecule has 5 heteroatoms. The largest absolute Gasteiger partial charge is 0.469 e. The summed E-state index contributed by atoms with van der Waals surface area (Å²) in [5.41, 5.74) is 0.391.